The molecule has 3 nitrogen and oxygen atoms in total. The van der Waals surface area contributed by atoms with E-state index in [1.807, 2.05) is 24.4 Å². The zero-order valence-electron chi connectivity index (χ0n) is 10.9. The molecule has 1 aliphatic rings. The Kier molecular flexibility index (Phi) is 3.03. The highest BCUT2D eigenvalue weighted by Gasteiger charge is 2.35. The average molecular weight is 269 g/mol. The standard InChI is InChI=1S/C15H15N3S/c1-11-6-8-12(9-7-11)14-17-18-15(2,19-14)13-5-3-4-10-16-13/h3-10,18H,1-2H3. The van der Waals surface area contributed by atoms with Gasteiger partial charge in [-0.15, -0.1) is 0 Å². The molecule has 0 aliphatic carbocycles. The summed E-state index contributed by atoms with van der Waals surface area (Å²) in [4.78, 5) is 4.13. The van der Waals surface area contributed by atoms with Crippen LogP contribution in [0.4, 0.5) is 0 Å². The van der Waals surface area contributed by atoms with Gasteiger partial charge in [0.15, 0.2) is 0 Å². The van der Waals surface area contributed by atoms with Crippen molar-refractivity contribution in [3.05, 3.63) is 65.5 Å². The van der Waals surface area contributed by atoms with Crippen molar-refractivity contribution in [2.75, 3.05) is 0 Å². The Morgan fingerprint density at radius 1 is 1.11 bits per heavy atom. The fraction of sp³-hybridized carbons (Fsp3) is 0.200. The van der Waals surface area contributed by atoms with Gasteiger partial charge in [0.25, 0.3) is 0 Å². The molecule has 0 spiro atoms. The lowest BCUT2D eigenvalue weighted by atomic mass is 10.2. The van der Waals surface area contributed by atoms with Crippen molar-refractivity contribution < 1.29 is 0 Å². The fourth-order valence-electron chi connectivity index (χ4n) is 1.97. The number of pyridine rings is 1. The summed E-state index contributed by atoms with van der Waals surface area (Å²) in [5.74, 6) is 0. The molecule has 96 valence electrons. The van der Waals surface area contributed by atoms with E-state index in [0.29, 0.717) is 0 Å². The maximum atomic E-state index is 4.45. The van der Waals surface area contributed by atoms with Gasteiger partial charge in [-0.1, -0.05) is 47.7 Å². The number of rotatable bonds is 2. The molecule has 3 rings (SSSR count). The van der Waals surface area contributed by atoms with Gasteiger partial charge in [-0.3, -0.25) is 10.4 Å². The summed E-state index contributed by atoms with van der Waals surface area (Å²) in [7, 11) is 0. The first-order valence-electron chi connectivity index (χ1n) is 6.20. The van der Waals surface area contributed by atoms with Crippen molar-refractivity contribution in [3.8, 4) is 0 Å². The third kappa shape index (κ3) is 2.36. The Balaban J connectivity index is 1.85. The lowest BCUT2D eigenvalue weighted by molar-refractivity contribution is 0.547. The number of hydrogen-bond acceptors (Lipinski definition) is 4. The van der Waals surface area contributed by atoms with Crippen LogP contribution in [0, 0.1) is 6.92 Å². The maximum Gasteiger partial charge on any atom is 0.145 e. The topological polar surface area (TPSA) is 37.3 Å². The Labute approximate surface area is 117 Å². The van der Waals surface area contributed by atoms with Gasteiger partial charge >= 0.3 is 0 Å². The molecular formula is C15H15N3S. The molecule has 4 heteroatoms. The highest BCUT2D eigenvalue weighted by molar-refractivity contribution is 8.15. The minimum absolute atomic E-state index is 0.290. The molecule has 0 saturated carbocycles. The van der Waals surface area contributed by atoms with E-state index in [1.165, 1.54) is 5.56 Å². The smallest absolute Gasteiger partial charge is 0.145 e. The summed E-state index contributed by atoms with van der Waals surface area (Å²) in [6.45, 7) is 4.19. The molecule has 19 heavy (non-hydrogen) atoms. The molecule has 1 aromatic heterocycles. The van der Waals surface area contributed by atoms with Crippen LogP contribution < -0.4 is 5.43 Å². The molecule has 2 heterocycles. The highest BCUT2D eigenvalue weighted by Crippen LogP contribution is 2.38. The summed E-state index contributed by atoms with van der Waals surface area (Å²) in [6.07, 6.45) is 1.81. The molecule has 1 aromatic carbocycles. The first-order chi connectivity index (χ1) is 9.17. The number of thioether (sulfide) groups is 1. The van der Waals surface area contributed by atoms with Crippen LogP contribution in [0.1, 0.15) is 23.7 Å². The number of aryl methyl sites for hydroxylation is 1. The molecule has 0 radical (unpaired) electrons. The summed E-state index contributed by atoms with van der Waals surface area (Å²) in [6, 6.07) is 14.4. The van der Waals surface area contributed by atoms with Crippen LogP contribution in [0.15, 0.2) is 53.8 Å². The molecule has 2 aromatic rings. The Morgan fingerprint density at radius 2 is 1.89 bits per heavy atom. The molecule has 1 N–H and O–H groups in total. The molecule has 1 atom stereocenters. The fourth-order valence-corrected chi connectivity index (χ4v) is 3.02. The Hall–Kier alpha value is -1.81. The minimum Gasteiger partial charge on any atom is -0.287 e. The first kappa shape index (κ1) is 12.2. The normalized spacial score (nSPS) is 21.9. The number of benzene rings is 1. The van der Waals surface area contributed by atoms with Crippen molar-refractivity contribution >= 4 is 16.8 Å². The summed E-state index contributed by atoms with van der Waals surface area (Å²) < 4.78 is 0. The van der Waals surface area contributed by atoms with E-state index in [0.717, 1.165) is 16.3 Å². The molecule has 0 bridgehead atoms. The second-order valence-corrected chi connectivity index (χ2v) is 6.15. The molecule has 0 fully saturated rings. The third-order valence-electron chi connectivity index (χ3n) is 3.12. The quantitative estimate of drug-likeness (QED) is 0.909. The lowest BCUT2D eigenvalue weighted by Crippen LogP contribution is -2.29. The van der Waals surface area contributed by atoms with E-state index < -0.39 is 0 Å². The predicted octanol–water partition coefficient (Wildman–Crippen LogP) is 3.26. The van der Waals surface area contributed by atoms with Crippen molar-refractivity contribution in [3.63, 3.8) is 0 Å². The predicted molar refractivity (Wildman–Crippen MR) is 80.0 cm³/mol. The molecule has 0 saturated heterocycles. The van der Waals surface area contributed by atoms with Crippen LogP contribution in [0.5, 0.6) is 0 Å². The van der Waals surface area contributed by atoms with Crippen molar-refractivity contribution in [2.24, 2.45) is 5.10 Å². The first-order valence-corrected chi connectivity index (χ1v) is 7.01. The average Bonchev–Trinajstić information content (AvgIpc) is 2.85. The van der Waals surface area contributed by atoms with E-state index in [1.54, 1.807) is 11.8 Å². The molecular weight excluding hydrogens is 254 g/mol. The minimum atomic E-state index is -0.290. The molecule has 1 unspecified atom stereocenters. The van der Waals surface area contributed by atoms with E-state index >= 15 is 0 Å². The summed E-state index contributed by atoms with van der Waals surface area (Å²) in [5.41, 5.74) is 6.59. The van der Waals surface area contributed by atoms with Crippen LogP contribution in [-0.2, 0) is 4.87 Å². The van der Waals surface area contributed by atoms with Gasteiger partial charge in [-0.2, -0.15) is 5.10 Å². The Bertz CT molecular complexity index is 607. The van der Waals surface area contributed by atoms with Gasteiger partial charge in [0.1, 0.15) is 9.91 Å². The van der Waals surface area contributed by atoms with Gasteiger partial charge in [0.2, 0.25) is 0 Å². The van der Waals surface area contributed by atoms with Crippen molar-refractivity contribution in [1.29, 1.82) is 0 Å². The summed E-state index contributed by atoms with van der Waals surface area (Å²) in [5, 5.41) is 5.46. The number of hydrazone groups is 1. The van der Waals surface area contributed by atoms with Gasteiger partial charge < -0.3 is 0 Å². The van der Waals surface area contributed by atoms with E-state index in [2.05, 4.69) is 53.6 Å². The van der Waals surface area contributed by atoms with Crippen LogP contribution in [0.2, 0.25) is 0 Å². The second-order valence-electron chi connectivity index (χ2n) is 4.75. The Morgan fingerprint density at radius 3 is 2.58 bits per heavy atom. The molecule has 1 aliphatic heterocycles. The summed E-state index contributed by atoms with van der Waals surface area (Å²) >= 11 is 1.70. The van der Waals surface area contributed by atoms with Gasteiger partial charge in [0.05, 0.1) is 5.69 Å². The largest absolute Gasteiger partial charge is 0.287 e. The van der Waals surface area contributed by atoms with Crippen LogP contribution in [0.3, 0.4) is 0 Å². The van der Waals surface area contributed by atoms with Gasteiger partial charge in [-0.25, -0.2) is 0 Å². The maximum absolute atomic E-state index is 4.45. The molecule has 0 amide bonds. The lowest BCUT2D eigenvalue weighted by Gasteiger charge is -2.21. The van der Waals surface area contributed by atoms with E-state index in [4.69, 9.17) is 0 Å². The number of nitrogens with zero attached hydrogens (tertiary/aromatic N) is 2. The number of nitrogens with one attached hydrogen (secondary N) is 1. The number of hydrogen-bond donors (Lipinski definition) is 1. The van der Waals surface area contributed by atoms with Gasteiger partial charge in [-0.05, 0) is 26.0 Å². The van der Waals surface area contributed by atoms with Crippen LogP contribution in [0.25, 0.3) is 0 Å². The van der Waals surface area contributed by atoms with Crippen molar-refractivity contribution in [1.82, 2.24) is 10.4 Å². The zero-order valence-corrected chi connectivity index (χ0v) is 11.7. The zero-order chi connectivity index (χ0) is 13.3. The van der Waals surface area contributed by atoms with Crippen LogP contribution in [-0.4, -0.2) is 10.0 Å². The van der Waals surface area contributed by atoms with E-state index in [-0.39, 0.29) is 4.87 Å². The third-order valence-corrected chi connectivity index (χ3v) is 4.35. The highest BCUT2D eigenvalue weighted by atomic mass is 32.2. The number of aromatic nitrogens is 1. The SMILES string of the molecule is Cc1ccc(C2=NNC(C)(c3ccccn3)S2)cc1. The second kappa shape index (κ2) is 4.70. The van der Waals surface area contributed by atoms with Gasteiger partial charge in [0, 0.05) is 11.8 Å². The van der Waals surface area contributed by atoms with E-state index in [9.17, 15) is 0 Å². The monoisotopic (exact) mass is 269 g/mol. The van der Waals surface area contributed by atoms with Crippen LogP contribution >= 0.6 is 11.8 Å². The van der Waals surface area contributed by atoms with Crippen molar-refractivity contribution in [2.45, 2.75) is 18.7 Å².